The Balaban J connectivity index is 2.63. The molecular formula is C13H14F3NO2. The summed E-state index contributed by atoms with van der Waals surface area (Å²) in [4.78, 5) is 0. The van der Waals surface area contributed by atoms with E-state index in [0.717, 1.165) is 6.42 Å². The molecule has 0 fully saturated rings. The molecular weight excluding hydrogens is 259 g/mol. The van der Waals surface area contributed by atoms with Crippen LogP contribution in [0.5, 0.6) is 5.75 Å². The van der Waals surface area contributed by atoms with Gasteiger partial charge in [0.2, 0.25) is 0 Å². The first-order valence-electron chi connectivity index (χ1n) is 6.10. The minimum Gasteiger partial charge on any atom is -0.493 e. The molecule has 6 heteroatoms. The lowest BCUT2D eigenvalue weighted by Crippen LogP contribution is -2.05. The van der Waals surface area contributed by atoms with Gasteiger partial charge in [0, 0.05) is 5.56 Å². The summed E-state index contributed by atoms with van der Waals surface area (Å²) in [6.07, 6.45) is -3.15. The van der Waals surface area contributed by atoms with Crippen molar-refractivity contribution in [1.82, 2.24) is 5.16 Å². The maximum Gasteiger partial charge on any atom is 0.437 e. The molecule has 1 aromatic heterocycles. The summed E-state index contributed by atoms with van der Waals surface area (Å²) in [5.41, 5.74) is -0.173. The van der Waals surface area contributed by atoms with Crippen LogP contribution in [0.3, 0.4) is 0 Å². The van der Waals surface area contributed by atoms with Gasteiger partial charge < -0.3 is 9.26 Å². The quantitative estimate of drug-likeness (QED) is 0.837. The molecule has 0 N–H and O–H groups in total. The van der Waals surface area contributed by atoms with Gasteiger partial charge >= 0.3 is 6.18 Å². The van der Waals surface area contributed by atoms with Crippen LogP contribution in [-0.4, -0.2) is 11.8 Å². The molecule has 0 aliphatic rings. The van der Waals surface area contributed by atoms with Crippen molar-refractivity contribution in [3.63, 3.8) is 0 Å². The van der Waals surface area contributed by atoms with Crippen LogP contribution in [0, 0.1) is 0 Å². The van der Waals surface area contributed by atoms with Gasteiger partial charge in [-0.1, -0.05) is 18.5 Å². The monoisotopic (exact) mass is 273 g/mol. The molecule has 0 saturated carbocycles. The number of hydrogen-bond donors (Lipinski definition) is 0. The van der Waals surface area contributed by atoms with E-state index in [0.29, 0.717) is 24.3 Å². The Bertz CT molecular complexity index is 575. The van der Waals surface area contributed by atoms with E-state index in [1.54, 1.807) is 6.07 Å². The van der Waals surface area contributed by atoms with Gasteiger partial charge in [-0.25, -0.2) is 0 Å². The first kappa shape index (κ1) is 13.7. The molecule has 0 saturated heterocycles. The van der Waals surface area contributed by atoms with E-state index in [1.807, 2.05) is 13.8 Å². The zero-order chi connectivity index (χ0) is 14.0. The third kappa shape index (κ3) is 2.52. The van der Waals surface area contributed by atoms with Crippen molar-refractivity contribution < 1.29 is 22.4 Å². The Morgan fingerprint density at radius 3 is 2.58 bits per heavy atom. The number of aromatic nitrogens is 1. The molecule has 0 bridgehead atoms. The maximum atomic E-state index is 12.8. The second kappa shape index (κ2) is 5.11. The van der Waals surface area contributed by atoms with Crippen LogP contribution in [0.1, 0.15) is 31.5 Å². The normalized spacial score (nSPS) is 12.1. The Kier molecular flexibility index (Phi) is 3.68. The molecule has 0 spiro atoms. The molecule has 3 nitrogen and oxygen atoms in total. The number of ether oxygens (including phenoxy) is 1. The first-order chi connectivity index (χ1) is 8.99. The maximum absolute atomic E-state index is 12.8. The summed E-state index contributed by atoms with van der Waals surface area (Å²) in [6, 6.07) is 2.89. The highest BCUT2D eigenvalue weighted by atomic mass is 19.4. The number of alkyl halides is 3. The fourth-order valence-corrected chi connectivity index (χ4v) is 2.02. The first-order valence-corrected chi connectivity index (χ1v) is 6.10. The van der Waals surface area contributed by atoms with E-state index < -0.39 is 11.9 Å². The van der Waals surface area contributed by atoms with Crippen LogP contribution >= 0.6 is 0 Å². The van der Waals surface area contributed by atoms with Gasteiger partial charge in [-0.3, -0.25) is 0 Å². The summed E-state index contributed by atoms with van der Waals surface area (Å²) in [6.45, 7) is 4.21. The van der Waals surface area contributed by atoms with Crippen molar-refractivity contribution in [2.75, 3.05) is 6.61 Å². The Labute approximate surface area is 108 Å². The topological polar surface area (TPSA) is 35.3 Å². The summed E-state index contributed by atoms with van der Waals surface area (Å²) >= 11 is 0. The summed E-state index contributed by atoms with van der Waals surface area (Å²) in [7, 11) is 0. The Hall–Kier alpha value is -1.72. The van der Waals surface area contributed by atoms with E-state index >= 15 is 0 Å². The van der Waals surface area contributed by atoms with Crippen molar-refractivity contribution in [2.45, 2.75) is 32.9 Å². The van der Waals surface area contributed by atoms with Crippen LogP contribution in [0.25, 0.3) is 11.0 Å². The Morgan fingerprint density at radius 1 is 1.26 bits per heavy atom. The minimum atomic E-state index is -4.51. The number of rotatable bonds is 4. The number of fused-ring (bicyclic) bond motifs is 1. The largest absolute Gasteiger partial charge is 0.493 e. The second-order valence-corrected chi connectivity index (χ2v) is 4.13. The molecule has 2 rings (SSSR count). The van der Waals surface area contributed by atoms with Gasteiger partial charge in [0.05, 0.1) is 12.0 Å². The zero-order valence-corrected chi connectivity index (χ0v) is 10.7. The second-order valence-electron chi connectivity index (χ2n) is 4.13. The number of halogens is 3. The lowest BCUT2D eigenvalue weighted by molar-refractivity contribution is -0.141. The molecule has 1 heterocycles. The molecule has 0 atom stereocenters. The van der Waals surface area contributed by atoms with Crippen LogP contribution in [0.2, 0.25) is 0 Å². The van der Waals surface area contributed by atoms with Crippen LogP contribution in [0.4, 0.5) is 13.2 Å². The SMILES string of the molecule is CCCc1c(OCC)ccc2c(C(F)(F)F)noc12. The highest BCUT2D eigenvalue weighted by Gasteiger charge is 2.37. The molecule has 0 radical (unpaired) electrons. The molecule has 2 aromatic rings. The van der Waals surface area contributed by atoms with Crippen molar-refractivity contribution in [1.29, 1.82) is 0 Å². The summed E-state index contributed by atoms with van der Waals surface area (Å²) in [5, 5.41) is 3.14. The molecule has 0 aliphatic heterocycles. The summed E-state index contributed by atoms with van der Waals surface area (Å²) in [5.74, 6) is 0.557. The lowest BCUT2D eigenvalue weighted by atomic mass is 10.0. The van der Waals surface area contributed by atoms with Crippen LogP contribution in [-0.2, 0) is 12.6 Å². The van der Waals surface area contributed by atoms with Gasteiger partial charge in [0.25, 0.3) is 0 Å². The Morgan fingerprint density at radius 2 is 2.00 bits per heavy atom. The number of aryl methyl sites for hydroxylation is 1. The molecule has 1 aromatic carbocycles. The average molecular weight is 273 g/mol. The molecule has 0 unspecified atom stereocenters. The lowest BCUT2D eigenvalue weighted by Gasteiger charge is -2.09. The van der Waals surface area contributed by atoms with Gasteiger partial charge in [0.1, 0.15) is 5.75 Å². The van der Waals surface area contributed by atoms with Crippen molar-refractivity contribution in [3.8, 4) is 5.75 Å². The van der Waals surface area contributed by atoms with E-state index in [9.17, 15) is 13.2 Å². The third-order valence-electron chi connectivity index (χ3n) is 2.77. The fraction of sp³-hybridized carbons (Fsp3) is 0.462. The van der Waals surface area contributed by atoms with E-state index in [2.05, 4.69) is 5.16 Å². The van der Waals surface area contributed by atoms with E-state index in [1.165, 1.54) is 6.07 Å². The molecule has 19 heavy (non-hydrogen) atoms. The zero-order valence-electron chi connectivity index (χ0n) is 10.7. The molecule has 104 valence electrons. The summed E-state index contributed by atoms with van der Waals surface area (Å²) < 4.78 is 48.6. The predicted octanol–water partition coefficient (Wildman–Crippen LogP) is 4.20. The van der Waals surface area contributed by atoms with Gasteiger partial charge in [-0.15, -0.1) is 0 Å². The van der Waals surface area contributed by atoms with Gasteiger partial charge in [0.15, 0.2) is 11.3 Å². The van der Waals surface area contributed by atoms with Crippen LogP contribution < -0.4 is 4.74 Å². The fourth-order valence-electron chi connectivity index (χ4n) is 2.02. The molecule has 0 amide bonds. The number of hydrogen-bond acceptors (Lipinski definition) is 3. The van der Waals surface area contributed by atoms with Crippen LogP contribution in [0.15, 0.2) is 16.7 Å². The van der Waals surface area contributed by atoms with Crippen molar-refractivity contribution in [3.05, 3.63) is 23.4 Å². The average Bonchev–Trinajstić information content (AvgIpc) is 2.76. The van der Waals surface area contributed by atoms with E-state index in [-0.39, 0.29) is 11.0 Å². The highest BCUT2D eigenvalue weighted by molar-refractivity contribution is 5.85. The van der Waals surface area contributed by atoms with Gasteiger partial charge in [-0.2, -0.15) is 13.2 Å². The van der Waals surface area contributed by atoms with Crippen molar-refractivity contribution in [2.24, 2.45) is 0 Å². The van der Waals surface area contributed by atoms with E-state index in [4.69, 9.17) is 9.26 Å². The third-order valence-corrected chi connectivity index (χ3v) is 2.77. The number of nitrogens with zero attached hydrogens (tertiary/aromatic N) is 1. The number of benzene rings is 1. The molecule has 0 aliphatic carbocycles. The predicted molar refractivity (Wildman–Crippen MR) is 64.2 cm³/mol. The minimum absolute atomic E-state index is 0.0144. The van der Waals surface area contributed by atoms with Crippen molar-refractivity contribution >= 4 is 11.0 Å². The standard InChI is InChI=1S/C13H14F3NO2/c1-3-5-8-10(18-4-2)7-6-9-11(8)19-17-12(9)13(14,15)16/h6-7H,3-5H2,1-2H3. The highest BCUT2D eigenvalue weighted by Crippen LogP contribution is 2.38. The van der Waals surface area contributed by atoms with Gasteiger partial charge in [-0.05, 0) is 25.5 Å². The smallest absolute Gasteiger partial charge is 0.437 e.